The zero-order valence-corrected chi connectivity index (χ0v) is 9.19. The maximum absolute atomic E-state index is 11.8. The summed E-state index contributed by atoms with van der Waals surface area (Å²) in [5, 5.41) is 0. The number of alkyl halides is 2. The summed E-state index contributed by atoms with van der Waals surface area (Å²) in [5.74, 6) is -3.62. The normalized spacial score (nSPS) is 12.7. The number of ether oxygens (including phenoxy) is 1. The smallest absolute Gasteiger partial charge is 0.423 e. The minimum absolute atomic E-state index is 0.847. The first-order valence-corrected chi connectivity index (χ1v) is 5.37. The summed E-state index contributed by atoms with van der Waals surface area (Å²) in [7, 11) is -4.84. The lowest BCUT2D eigenvalue weighted by atomic mass is 10.2. The molecule has 0 aromatic rings. The largest absolute Gasteiger partial charge is 0.443 e. The van der Waals surface area contributed by atoms with E-state index in [0.717, 1.165) is 0 Å². The van der Waals surface area contributed by atoms with Crippen molar-refractivity contribution in [1.82, 2.24) is 10.3 Å². The Hall–Kier alpha value is -0.960. The van der Waals surface area contributed by atoms with E-state index < -0.39 is 27.5 Å². The van der Waals surface area contributed by atoms with E-state index in [2.05, 4.69) is 4.74 Å². The van der Waals surface area contributed by atoms with Gasteiger partial charge in [0, 0.05) is 0 Å². The maximum Gasteiger partial charge on any atom is 0.423 e. The fraction of sp³-hybridized carbons (Fsp3) is 0.833. The summed E-state index contributed by atoms with van der Waals surface area (Å²) in [6.07, 6.45) is -1.16. The number of amides is 1. The van der Waals surface area contributed by atoms with Crippen molar-refractivity contribution >= 4 is 16.1 Å². The van der Waals surface area contributed by atoms with Gasteiger partial charge in [-0.1, -0.05) is 0 Å². The molecule has 0 bridgehead atoms. The molecular formula is C6H12F2N2O4S. The molecular weight excluding hydrogens is 234 g/mol. The van der Waals surface area contributed by atoms with Crippen molar-refractivity contribution in [3.8, 4) is 0 Å². The Labute approximate surface area is 86.0 Å². The summed E-state index contributed by atoms with van der Waals surface area (Å²) in [4.78, 5) is 12.0. The summed E-state index contributed by atoms with van der Waals surface area (Å²) >= 11 is 0. The second-order valence-electron chi connectivity index (χ2n) is 3.53. The Morgan fingerprint density at radius 3 is 2.13 bits per heavy atom. The first kappa shape index (κ1) is 14.0. The lowest BCUT2D eigenvalue weighted by molar-refractivity contribution is 0.0514. The monoisotopic (exact) mass is 246 g/mol. The Morgan fingerprint density at radius 2 is 1.80 bits per heavy atom. The van der Waals surface area contributed by atoms with Crippen molar-refractivity contribution in [2.24, 2.45) is 0 Å². The van der Waals surface area contributed by atoms with Crippen molar-refractivity contribution < 1.29 is 26.7 Å². The Balaban J connectivity index is 4.14. The van der Waals surface area contributed by atoms with Crippen LogP contribution in [0, 0.1) is 0 Å². The third kappa shape index (κ3) is 6.18. The molecule has 1 amide bonds. The first-order chi connectivity index (χ1) is 6.54. The molecule has 0 aliphatic heterocycles. The van der Waals surface area contributed by atoms with Crippen LogP contribution in [0.2, 0.25) is 0 Å². The van der Waals surface area contributed by atoms with Crippen molar-refractivity contribution in [1.29, 1.82) is 0 Å². The summed E-state index contributed by atoms with van der Waals surface area (Å²) < 4.78 is 49.0. The number of carbonyl (C=O) groups excluding carboxylic acids is 1. The van der Waals surface area contributed by atoms with E-state index in [1.807, 2.05) is 0 Å². The second-order valence-corrected chi connectivity index (χ2v) is 5.19. The van der Waals surface area contributed by atoms with E-state index in [1.165, 1.54) is 31.0 Å². The van der Waals surface area contributed by atoms with Gasteiger partial charge in [0.05, 0.1) is 0 Å². The molecule has 0 saturated carbocycles. The number of rotatable bonds is 3. The van der Waals surface area contributed by atoms with Gasteiger partial charge in [-0.3, -0.25) is 0 Å². The van der Waals surface area contributed by atoms with Crippen LogP contribution in [0.15, 0.2) is 0 Å². The van der Waals surface area contributed by atoms with Gasteiger partial charge < -0.3 is 4.74 Å². The van der Waals surface area contributed by atoms with Gasteiger partial charge in [0.25, 0.3) is 10.0 Å². The lowest BCUT2D eigenvalue weighted by Crippen LogP contribution is -2.46. The highest BCUT2D eigenvalue weighted by atomic mass is 32.2. The number of hydrazine groups is 1. The molecule has 0 radical (unpaired) electrons. The average Bonchev–Trinajstić information content (AvgIpc) is 1.97. The average molecular weight is 246 g/mol. The molecule has 0 heterocycles. The van der Waals surface area contributed by atoms with Gasteiger partial charge in [-0.2, -0.15) is 8.78 Å². The van der Waals surface area contributed by atoms with Crippen LogP contribution in [-0.2, 0) is 14.8 Å². The summed E-state index contributed by atoms with van der Waals surface area (Å²) in [6.45, 7) is 4.61. The van der Waals surface area contributed by atoms with Crippen molar-refractivity contribution in [2.45, 2.75) is 32.1 Å². The molecule has 2 N–H and O–H groups in total. The highest BCUT2D eigenvalue weighted by molar-refractivity contribution is 7.89. The highest BCUT2D eigenvalue weighted by Crippen LogP contribution is 2.06. The number of carbonyl (C=O) groups is 1. The molecule has 0 spiro atoms. The van der Waals surface area contributed by atoms with E-state index >= 15 is 0 Å². The van der Waals surface area contributed by atoms with Gasteiger partial charge in [0.1, 0.15) is 5.60 Å². The Morgan fingerprint density at radius 1 is 1.33 bits per heavy atom. The molecule has 0 fully saturated rings. The van der Waals surface area contributed by atoms with Crippen molar-refractivity contribution in [3.63, 3.8) is 0 Å². The number of sulfonamides is 1. The second kappa shape index (κ2) is 4.71. The fourth-order valence-electron chi connectivity index (χ4n) is 0.461. The predicted molar refractivity (Wildman–Crippen MR) is 47.4 cm³/mol. The maximum atomic E-state index is 11.8. The number of nitrogens with one attached hydrogen (secondary N) is 2. The zero-order chi connectivity index (χ0) is 12.3. The highest BCUT2D eigenvalue weighted by Gasteiger charge is 2.25. The third-order valence-electron chi connectivity index (χ3n) is 0.929. The van der Waals surface area contributed by atoms with Gasteiger partial charge >= 0.3 is 11.9 Å². The predicted octanol–water partition coefficient (Wildman–Crippen LogP) is 0.568. The first-order valence-electron chi connectivity index (χ1n) is 3.82. The van der Waals surface area contributed by atoms with Gasteiger partial charge in [0.2, 0.25) is 0 Å². The molecule has 9 heteroatoms. The van der Waals surface area contributed by atoms with Crippen LogP contribution in [-0.4, -0.2) is 25.9 Å². The topological polar surface area (TPSA) is 84.5 Å². The van der Waals surface area contributed by atoms with Crippen LogP contribution in [0.3, 0.4) is 0 Å². The van der Waals surface area contributed by atoms with Crippen LogP contribution < -0.4 is 10.3 Å². The molecule has 0 aromatic heterocycles. The number of hydrogen-bond donors (Lipinski definition) is 2. The van der Waals surface area contributed by atoms with Crippen molar-refractivity contribution in [2.75, 3.05) is 0 Å². The Kier molecular flexibility index (Phi) is 4.41. The molecule has 0 aliphatic carbocycles. The third-order valence-corrected chi connectivity index (χ3v) is 1.78. The van der Waals surface area contributed by atoms with Crippen molar-refractivity contribution in [3.05, 3.63) is 0 Å². The van der Waals surface area contributed by atoms with E-state index in [-0.39, 0.29) is 0 Å². The molecule has 90 valence electrons. The van der Waals surface area contributed by atoms with Gasteiger partial charge in [0.15, 0.2) is 0 Å². The summed E-state index contributed by atoms with van der Waals surface area (Å²) in [5.41, 5.74) is 0.635. The van der Waals surface area contributed by atoms with Crippen LogP contribution in [0.25, 0.3) is 0 Å². The van der Waals surface area contributed by atoms with Crippen LogP contribution in [0.1, 0.15) is 20.8 Å². The molecule has 15 heavy (non-hydrogen) atoms. The van der Waals surface area contributed by atoms with Crippen LogP contribution >= 0.6 is 0 Å². The quantitative estimate of drug-likeness (QED) is 0.713. The zero-order valence-electron chi connectivity index (χ0n) is 8.37. The standard InChI is InChI=1S/C6H12F2N2O4S/c1-6(2,3)14-5(11)9-10-15(12,13)4(7)8/h4,10H,1-3H3,(H,9,11). The molecule has 6 nitrogen and oxygen atoms in total. The van der Waals surface area contributed by atoms with E-state index in [9.17, 15) is 22.0 Å². The fourth-order valence-corrected chi connectivity index (χ4v) is 0.776. The number of hydrogen-bond acceptors (Lipinski definition) is 4. The minimum atomic E-state index is -4.84. The molecule has 0 unspecified atom stereocenters. The molecule has 0 rings (SSSR count). The molecule has 0 saturated heterocycles. The Bertz CT molecular complexity index is 323. The summed E-state index contributed by atoms with van der Waals surface area (Å²) in [6, 6.07) is 0. The number of halogens is 2. The minimum Gasteiger partial charge on any atom is -0.443 e. The van der Waals surface area contributed by atoms with Gasteiger partial charge in [-0.15, -0.1) is 4.83 Å². The van der Waals surface area contributed by atoms with Gasteiger partial charge in [-0.25, -0.2) is 18.6 Å². The molecule has 0 aromatic carbocycles. The van der Waals surface area contributed by atoms with Gasteiger partial charge in [-0.05, 0) is 20.8 Å². The SMILES string of the molecule is CC(C)(C)OC(=O)NNS(=O)(=O)C(F)F. The molecule has 0 aliphatic rings. The van der Waals surface area contributed by atoms with Crippen LogP contribution in [0.4, 0.5) is 13.6 Å². The lowest BCUT2D eigenvalue weighted by Gasteiger charge is -2.19. The molecule has 0 atom stereocenters. The van der Waals surface area contributed by atoms with E-state index in [4.69, 9.17) is 0 Å². The van der Waals surface area contributed by atoms with E-state index in [1.54, 1.807) is 0 Å². The van der Waals surface area contributed by atoms with Crippen LogP contribution in [0.5, 0.6) is 0 Å². The van der Waals surface area contributed by atoms with E-state index in [0.29, 0.717) is 0 Å².